The molecule has 4 aromatic rings. The van der Waals surface area contributed by atoms with E-state index in [1.165, 1.54) is 25.3 Å². The zero-order chi connectivity index (χ0) is 25.0. The van der Waals surface area contributed by atoms with Crippen LogP contribution in [-0.2, 0) is 12.0 Å². The lowest BCUT2D eigenvalue weighted by molar-refractivity contribution is -0.00765. The highest BCUT2D eigenvalue weighted by atomic mass is 19.1. The fourth-order valence-electron chi connectivity index (χ4n) is 7.55. The van der Waals surface area contributed by atoms with Crippen LogP contribution in [0.15, 0.2) is 73.1 Å². The SMILES string of the molecule is O=C(Nc1ccn(Cc2ccccc2F)n1)c1cn(-c2ccccc2)nc1C12CC3CC(CC(C3)C1)C2. The third-order valence-corrected chi connectivity index (χ3v) is 8.69. The zero-order valence-electron chi connectivity index (χ0n) is 20.7. The molecule has 0 spiro atoms. The molecule has 4 fully saturated rings. The normalized spacial score (nSPS) is 25.9. The van der Waals surface area contributed by atoms with E-state index in [-0.39, 0.29) is 17.1 Å². The van der Waals surface area contributed by atoms with E-state index in [1.54, 1.807) is 35.1 Å². The minimum absolute atomic E-state index is 0.0222. The number of benzene rings is 2. The van der Waals surface area contributed by atoms with Crippen LogP contribution in [0.4, 0.5) is 10.2 Å². The molecule has 7 heteroatoms. The molecule has 6 nitrogen and oxygen atoms in total. The molecule has 0 unspecified atom stereocenters. The van der Waals surface area contributed by atoms with Crippen molar-refractivity contribution in [2.75, 3.05) is 5.32 Å². The van der Waals surface area contributed by atoms with Crippen molar-refractivity contribution < 1.29 is 9.18 Å². The van der Waals surface area contributed by atoms with Crippen LogP contribution >= 0.6 is 0 Å². The number of halogens is 1. The first kappa shape index (κ1) is 22.5. The predicted molar refractivity (Wildman–Crippen MR) is 139 cm³/mol. The Morgan fingerprint density at radius 2 is 1.59 bits per heavy atom. The van der Waals surface area contributed by atoms with Crippen LogP contribution in [0.5, 0.6) is 0 Å². The van der Waals surface area contributed by atoms with Crippen molar-refractivity contribution >= 4 is 11.7 Å². The Balaban J connectivity index is 1.20. The summed E-state index contributed by atoms with van der Waals surface area (Å²) in [6.45, 7) is 0.299. The van der Waals surface area contributed by atoms with Gasteiger partial charge in [0.05, 0.1) is 23.5 Å². The number of para-hydroxylation sites is 1. The summed E-state index contributed by atoms with van der Waals surface area (Å²) in [7, 11) is 0. The number of anilines is 1. The lowest BCUT2D eigenvalue weighted by atomic mass is 9.48. The third-order valence-electron chi connectivity index (χ3n) is 8.69. The van der Waals surface area contributed by atoms with Gasteiger partial charge in [0.2, 0.25) is 0 Å². The van der Waals surface area contributed by atoms with E-state index in [0.29, 0.717) is 23.5 Å². The van der Waals surface area contributed by atoms with Gasteiger partial charge in [0.1, 0.15) is 5.82 Å². The number of hydrogen-bond donors (Lipinski definition) is 1. The smallest absolute Gasteiger partial charge is 0.260 e. The number of carbonyl (C=O) groups excluding carboxylic acids is 1. The lowest BCUT2D eigenvalue weighted by Gasteiger charge is -2.56. The molecule has 2 aromatic carbocycles. The molecule has 1 amide bonds. The maximum Gasteiger partial charge on any atom is 0.260 e. The number of nitrogens with zero attached hydrogens (tertiary/aromatic N) is 4. The van der Waals surface area contributed by atoms with E-state index in [4.69, 9.17) is 5.10 Å². The Hall–Kier alpha value is -3.74. The topological polar surface area (TPSA) is 64.7 Å². The molecule has 0 atom stereocenters. The molecule has 2 aromatic heterocycles. The number of hydrogen-bond acceptors (Lipinski definition) is 3. The summed E-state index contributed by atoms with van der Waals surface area (Å²) in [5, 5.41) is 12.6. The Morgan fingerprint density at radius 3 is 2.30 bits per heavy atom. The molecule has 188 valence electrons. The van der Waals surface area contributed by atoms with Crippen molar-refractivity contribution in [1.29, 1.82) is 0 Å². The Kier molecular flexibility index (Phi) is 5.27. The summed E-state index contributed by atoms with van der Waals surface area (Å²) in [6, 6.07) is 18.4. The molecule has 2 heterocycles. The predicted octanol–water partition coefficient (Wildman–Crippen LogP) is 5.98. The molecule has 4 aliphatic rings. The van der Waals surface area contributed by atoms with Crippen molar-refractivity contribution in [3.8, 4) is 5.69 Å². The van der Waals surface area contributed by atoms with Gasteiger partial charge in [-0.15, -0.1) is 0 Å². The lowest BCUT2D eigenvalue weighted by Crippen LogP contribution is -2.49. The summed E-state index contributed by atoms with van der Waals surface area (Å²) in [6.07, 6.45) is 11.0. The van der Waals surface area contributed by atoms with E-state index in [1.807, 2.05) is 41.2 Å². The largest absolute Gasteiger partial charge is 0.305 e. The van der Waals surface area contributed by atoms with Gasteiger partial charge in [-0.1, -0.05) is 36.4 Å². The van der Waals surface area contributed by atoms with Gasteiger partial charge < -0.3 is 5.32 Å². The van der Waals surface area contributed by atoms with Gasteiger partial charge in [-0.2, -0.15) is 10.2 Å². The van der Waals surface area contributed by atoms with Crippen LogP contribution in [0.25, 0.3) is 5.69 Å². The molecule has 1 N–H and O–H groups in total. The van der Waals surface area contributed by atoms with Crippen LogP contribution in [-0.4, -0.2) is 25.5 Å². The van der Waals surface area contributed by atoms with Crippen LogP contribution < -0.4 is 5.32 Å². The van der Waals surface area contributed by atoms with E-state index in [0.717, 1.165) is 48.4 Å². The van der Waals surface area contributed by atoms with E-state index < -0.39 is 0 Å². The Morgan fingerprint density at radius 1 is 0.919 bits per heavy atom. The van der Waals surface area contributed by atoms with Crippen LogP contribution in [0, 0.1) is 23.6 Å². The number of nitrogens with one attached hydrogen (secondary N) is 1. The maximum absolute atomic E-state index is 14.1. The van der Waals surface area contributed by atoms with Crippen LogP contribution in [0.2, 0.25) is 0 Å². The van der Waals surface area contributed by atoms with Gasteiger partial charge in [-0.3, -0.25) is 9.48 Å². The van der Waals surface area contributed by atoms with E-state index >= 15 is 0 Å². The molecular formula is C30H30FN5O. The molecule has 0 aliphatic heterocycles. The second-order valence-electron chi connectivity index (χ2n) is 11.3. The highest BCUT2D eigenvalue weighted by molar-refractivity contribution is 6.04. The molecule has 0 radical (unpaired) electrons. The number of amides is 1. The number of carbonyl (C=O) groups is 1. The Labute approximate surface area is 215 Å². The third kappa shape index (κ3) is 4.06. The van der Waals surface area contributed by atoms with Gasteiger partial charge in [0.25, 0.3) is 5.91 Å². The van der Waals surface area contributed by atoms with E-state index in [9.17, 15) is 9.18 Å². The molecule has 4 bridgehead atoms. The second kappa shape index (κ2) is 8.68. The van der Waals surface area contributed by atoms with Crippen molar-refractivity contribution in [2.24, 2.45) is 17.8 Å². The molecule has 8 rings (SSSR count). The minimum atomic E-state index is -0.267. The summed E-state index contributed by atoms with van der Waals surface area (Å²) >= 11 is 0. The fourth-order valence-corrected chi connectivity index (χ4v) is 7.55. The zero-order valence-corrected chi connectivity index (χ0v) is 20.7. The summed E-state index contributed by atoms with van der Waals surface area (Å²) < 4.78 is 17.6. The number of rotatable bonds is 6. The molecular weight excluding hydrogens is 465 g/mol. The average molecular weight is 496 g/mol. The van der Waals surface area contributed by atoms with Crippen molar-refractivity contribution in [1.82, 2.24) is 19.6 Å². The van der Waals surface area contributed by atoms with Crippen molar-refractivity contribution in [3.05, 3.63) is 95.7 Å². The van der Waals surface area contributed by atoms with Crippen molar-refractivity contribution in [3.63, 3.8) is 0 Å². The number of aromatic nitrogens is 4. The minimum Gasteiger partial charge on any atom is -0.305 e. The standard InChI is InChI=1S/C30H30FN5O/c31-26-9-5-4-6-23(26)18-35-11-10-27(33-35)32-29(37)25-19-36(24-7-2-1-3-8-24)34-28(25)30-15-20-12-21(16-30)14-22(13-20)17-30/h1-11,19-22H,12-18H2,(H,32,33,37). The van der Waals surface area contributed by atoms with Crippen molar-refractivity contribution in [2.45, 2.75) is 50.5 Å². The summed E-state index contributed by atoms with van der Waals surface area (Å²) in [5.74, 6) is 2.24. The molecule has 0 saturated heterocycles. The first-order valence-electron chi connectivity index (χ1n) is 13.3. The fraction of sp³-hybridized carbons (Fsp3) is 0.367. The van der Waals surface area contributed by atoms with Gasteiger partial charge in [-0.05, 0) is 74.5 Å². The summed E-state index contributed by atoms with van der Waals surface area (Å²) in [5.41, 5.74) is 3.05. The van der Waals surface area contributed by atoms with Crippen LogP contribution in [0.1, 0.15) is 60.1 Å². The van der Waals surface area contributed by atoms with Gasteiger partial charge in [0.15, 0.2) is 5.82 Å². The molecule has 37 heavy (non-hydrogen) atoms. The highest BCUT2D eigenvalue weighted by Gasteiger charge is 2.54. The Bertz CT molecular complexity index is 1420. The highest BCUT2D eigenvalue weighted by Crippen LogP contribution is 2.60. The quantitative estimate of drug-likeness (QED) is 0.358. The monoisotopic (exact) mass is 495 g/mol. The van der Waals surface area contributed by atoms with Gasteiger partial charge >= 0.3 is 0 Å². The average Bonchev–Trinajstić information content (AvgIpc) is 3.53. The second-order valence-corrected chi connectivity index (χ2v) is 11.3. The first-order valence-corrected chi connectivity index (χ1v) is 13.3. The summed E-state index contributed by atoms with van der Waals surface area (Å²) in [4.78, 5) is 13.7. The first-order chi connectivity index (χ1) is 18.0. The molecule has 4 aliphatic carbocycles. The van der Waals surface area contributed by atoms with Gasteiger partial charge in [0, 0.05) is 29.4 Å². The molecule has 4 saturated carbocycles. The van der Waals surface area contributed by atoms with Gasteiger partial charge in [-0.25, -0.2) is 9.07 Å². The van der Waals surface area contributed by atoms with E-state index in [2.05, 4.69) is 10.4 Å². The van der Waals surface area contributed by atoms with Crippen LogP contribution in [0.3, 0.4) is 0 Å². The maximum atomic E-state index is 14.1.